The summed E-state index contributed by atoms with van der Waals surface area (Å²) in [5.74, 6) is 0.347. The van der Waals surface area contributed by atoms with Crippen molar-refractivity contribution >= 4 is 33.2 Å². The van der Waals surface area contributed by atoms with Crippen LogP contribution in [0.5, 0.6) is 5.75 Å². The fourth-order valence-corrected chi connectivity index (χ4v) is 9.60. The molecule has 7 nitrogen and oxygen atoms in total. The van der Waals surface area contributed by atoms with Crippen LogP contribution in [0.2, 0.25) is 5.02 Å². The number of allylic oxidation sites excluding steroid dienone is 1. The molecule has 43 heavy (non-hydrogen) atoms. The van der Waals surface area contributed by atoms with Gasteiger partial charge in [-0.3, -0.25) is 4.79 Å². The number of amides is 1. The predicted molar refractivity (Wildman–Crippen MR) is 170 cm³/mol. The summed E-state index contributed by atoms with van der Waals surface area (Å²) in [6.45, 7) is 3.80. The van der Waals surface area contributed by atoms with Gasteiger partial charge in [0.15, 0.2) is 0 Å². The molecule has 2 saturated carbocycles. The van der Waals surface area contributed by atoms with Crippen molar-refractivity contribution < 1.29 is 23.1 Å². The number of aliphatic hydroxyl groups is 1. The molecule has 2 aliphatic carbocycles. The molecule has 2 aromatic carbocycles. The zero-order valence-electron chi connectivity index (χ0n) is 24.9. The van der Waals surface area contributed by atoms with E-state index in [2.05, 4.69) is 9.62 Å². The maximum absolute atomic E-state index is 13.7. The molecule has 2 aliphatic heterocycles. The van der Waals surface area contributed by atoms with Gasteiger partial charge in [-0.25, -0.2) is 13.1 Å². The van der Waals surface area contributed by atoms with Crippen molar-refractivity contribution in [2.45, 2.75) is 82.7 Å². The molecule has 0 radical (unpaired) electrons. The van der Waals surface area contributed by atoms with Crippen LogP contribution in [0.25, 0.3) is 0 Å². The fraction of sp³-hybridized carbons (Fsp3) is 0.559. The number of ether oxygens (including phenoxy) is 1. The summed E-state index contributed by atoms with van der Waals surface area (Å²) in [5.41, 5.74) is 3.35. The van der Waals surface area contributed by atoms with E-state index in [4.69, 9.17) is 16.3 Å². The highest BCUT2D eigenvalue weighted by atomic mass is 35.5. The summed E-state index contributed by atoms with van der Waals surface area (Å²) in [7, 11) is -3.93. The number of hydrogen-bond donors (Lipinski definition) is 2. The van der Waals surface area contributed by atoms with Gasteiger partial charge >= 0.3 is 0 Å². The third-order valence-electron chi connectivity index (χ3n) is 10.2. The number of halogens is 1. The lowest BCUT2D eigenvalue weighted by atomic mass is 9.70. The van der Waals surface area contributed by atoms with Gasteiger partial charge in [0, 0.05) is 23.7 Å². The maximum Gasteiger partial charge on any atom is 0.264 e. The Hall–Kier alpha value is -2.55. The molecular weight excluding hydrogens is 584 g/mol. The quantitative estimate of drug-likeness (QED) is 0.362. The summed E-state index contributed by atoms with van der Waals surface area (Å²) in [4.78, 5) is 15.9. The van der Waals surface area contributed by atoms with Crippen LogP contribution in [0, 0.1) is 23.7 Å². The van der Waals surface area contributed by atoms with Crippen molar-refractivity contribution in [2.75, 3.05) is 18.0 Å². The molecule has 0 unspecified atom stereocenters. The molecule has 2 N–H and O–H groups in total. The third kappa shape index (κ3) is 6.62. The van der Waals surface area contributed by atoms with Gasteiger partial charge in [0.1, 0.15) is 12.4 Å². The van der Waals surface area contributed by atoms with Crippen LogP contribution in [0.1, 0.15) is 79.8 Å². The SMILES string of the molecule is C[C@H]1C/C=C/[C@H](O)[C@@H]2CC[C@H]2CN2CCCCc3cc(Cl)ccc3COc3ccc(cc32)C(=O)NS(=O)(=O)[C@@H]1C1CCC1. The summed E-state index contributed by atoms with van der Waals surface area (Å²) >= 11 is 6.32. The van der Waals surface area contributed by atoms with Gasteiger partial charge in [-0.1, -0.05) is 43.2 Å². The molecule has 6 rings (SSSR count). The average molecular weight is 627 g/mol. The van der Waals surface area contributed by atoms with Crippen LogP contribution < -0.4 is 14.4 Å². The molecule has 0 spiro atoms. The molecule has 2 bridgehead atoms. The molecule has 2 aromatic rings. The van der Waals surface area contributed by atoms with E-state index in [0.717, 1.165) is 75.7 Å². The number of hydrogen-bond acceptors (Lipinski definition) is 6. The molecular formula is C34H43ClN2O5S. The van der Waals surface area contributed by atoms with E-state index in [-0.39, 0.29) is 17.8 Å². The van der Waals surface area contributed by atoms with Gasteiger partial charge in [-0.2, -0.15) is 0 Å². The Kier molecular flexibility index (Phi) is 9.09. The molecule has 5 atom stereocenters. The predicted octanol–water partition coefficient (Wildman–Crippen LogP) is 6.27. The monoisotopic (exact) mass is 626 g/mol. The maximum atomic E-state index is 13.7. The summed E-state index contributed by atoms with van der Waals surface area (Å²) in [5, 5.41) is 11.2. The largest absolute Gasteiger partial charge is 0.487 e. The van der Waals surface area contributed by atoms with Crippen molar-refractivity contribution in [3.8, 4) is 5.75 Å². The van der Waals surface area contributed by atoms with E-state index in [9.17, 15) is 18.3 Å². The summed E-state index contributed by atoms with van der Waals surface area (Å²) < 4.78 is 36.3. The zero-order valence-corrected chi connectivity index (χ0v) is 26.5. The number of nitrogens with zero attached hydrogens (tertiary/aromatic N) is 1. The molecule has 0 saturated heterocycles. The normalized spacial score (nSPS) is 30.6. The molecule has 1 amide bonds. The second kappa shape index (κ2) is 12.8. The van der Waals surface area contributed by atoms with E-state index in [1.807, 2.05) is 37.3 Å². The Labute approximate surface area is 260 Å². The number of sulfonamides is 1. The third-order valence-corrected chi connectivity index (χ3v) is 12.5. The van der Waals surface area contributed by atoms with Gasteiger partial charge in [0.25, 0.3) is 5.91 Å². The lowest BCUT2D eigenvalue weighted by Gasteiger charge is -2.42. The Bertz CT molecular complexity index is 1470. The second-order valence-corrected chi connectivity index (χ2v) is 15.3. The standard InChI is InChI=1S/C34H43ClN2O5S/c1-22-6-4-10-31(38)29-15-12-26(29)20-37-17-3-2-7-24-18-28(35)14-11-27(24)21-42-32-16-13-25(19-30(32)37)34(39)36-43(40,41)33(22)23-8-5-9-23/h4,10-11,13-14,16,18-19,22-23,26,29,31,33,38H,2-3,5-9,12,15,17,20-21H2,1H3,(H,36,39)/b10-4+/t22-,26-,29+,31-,33-/m0/s1. The number of aryl methyl sites for hydroxylation is 1. The Morgan fingerprint density at radius 3 is 2.58 bits per heavy atom. The molecule has 2 heterocycles. The summed E-state index contributed by atoms with van der Waals surface area (Å²) in [6, 6.07) is 11.2. The van der Waals surface area contributed by atoms with Gasteiger partial charge in [-0.05, 0) is 116 Å². The minimum Gasteiger partial charge on any atom is -0.487 e. The first-order valence-electron chi connectivity index (χ1n) is 15.9. The number of aliphatic hydroxyl groups excluding tert-OH is 1. The number of carbonyl (C=O) groups is 1. The zero-order chi connectivity index (χ0) is 30.1. The highest BCUT2D eigenvalue weighted by Crippen LogP contribution is 2.42. The highest BCUT2D eigenvalue weighted by molar-refractivity contribution is 7.90. The number of benzene rings is 2. The number of anilines is 1. The van der Waals surface area contributed by atoms with E-state index in [1.54, 1.807) is 18.2 Å². The van der Waals surface area contributed by atoms with Gasteiger partial charge in [0.2, 0.25) is 10.0 Å². The minimum atomic E-state index is -3.93. The van der Waals surface area contributed by atoms with Gasteiger partial charge < -0.3 is 14.7 Å². The Morgan fingerprint density at radius 1 is 1.00 bits per heavy atom. The number of fused-ring (bicyclic) bond motifs is 3. The van der Waals surface area contributed by atoms with Gasteiger partial charge in [0.05, 0.1) is 17.0 Å². The molecule has 9 heteroatoms. The minimum absolute atomic E-state index is 0.0302. The van der Waals surface area contributed by atoms with Crippen LogP contribution in [0.4, 0.5) is 5.69 Å². The number of carbonyl (C=O) groups excluding carboxylic acids is 1. The van der Waals surface area contributed by atoms with Crippen LogP contribution >= 0.6 is 11.6 Å². The molecule has 4 aliphatic rings. The van der Waals surface area contributed by atoms with Gasteiger partial charge in [-0.15, -0.1) is 0 Å². The lowest BCUT2D eigenvalue weighted by molar-refractivity contribution is 0.0460. The van der Waals surface area contributed by atoms with Crippen LogP contribution in [-0.2, 0) is 23.1 Å². The van der Waals surface area contributed by atoms with Crippen molar-refractivity contribution in [1.29, 1.82) is 0 Å². The van der Waals surface area contributed by atoms with Crippen LogP contribution in [0.15, 0.2) is 48.6 Å². The van der Waals surface area contributed by atoms with Crippen LogP contribution in [0.3, 0.4) is 0 Å². The first-order valence-corrected chi connectivity index (χ1v) is 17.8. The Balaban J connectivity index is 1.38. The van der Waals surface area contributed by atoms with E-state index >= 15 is 0 Å². The number of rotatable bonds is 1. The van der Waals surface area contributed by atoms with Crippen molar-refractivity contribution in [3.05, 3.63) is 70.3 Å². The van der Waals surface area contributed by atoms with Crippen molar-refractivity contribution in [1.82, 2.24) is 4.72 Å². The lowest BCUT2D eigenvalue weighted by Crippen LogP contribution is -2.47. The Morgan fingerprint density at radius 2 is 1.84 bits per heavy atom. The topological polar surface area (TPSA) is 95.9 Å². The smallest absolute Gasteiger partial charge is 0.264 e. The van der Waals surface area contributed by atoms with E-state index in [0.29, 0.717) is 35.3 Å². The molecule has 232 valence electrons. The first kappa shape index (κ1) is 30.5. The average Bonchev–Trinajstić information content (AvgIpc) is 2.95. The highest BCUT2D eigenvalue weighted by Gasteiger charge is 2.42. The summed E-state index contributed by atoms with van der Waals surface area (Å²) in [6.07, 6.45) is 11.3. The van der Waals surface area contributed by atoms with Crippen molar-refractivity contribution in [3.63, 3.8) is 0 Å². The molecule has 0 aromatic heterocycles. The van der Waals surface area contributed by atoms with E-state index in [1.165, 1.54) is 5.56 Å². The fourth-order valence-electron chi connectivity index (χ4n) is 7.39. The first-order chi connectivity index (χ1) is 20.7. The van der Waals surface area contributed by atoms with Crippen LogP contribution in [-0.4, -0.2) is 43.9 Å². The molecule has 2 fully saturated rings. The van der Waals surface area contributed by atoms with E-state index < -0.39 is 27.3 Å². The van der Waals surface area contributed by atoms with Crippen molar-refractivity contribution in [2.24, 2.45) is 23.7 Å². The second-order valence-electron chi connectivity index (χ2n) is 13.1. The number of nitrogens with one attached hydrogen (secondary N) is 1.